The third-order valence-corrected chi connectivity index (χ3v) is 6.39. The second kappa shape index (κ2) is 5.50. The summed E-state index contributed by atoms with van der Waals surface area (Å²) in [5.74, 6) is 1.92. The molecule has 1 atom stereocenters. The summed E-state index contributed by atoms with van der Waals surface area (Å²) >= 11 is 0. The number of sulfonamides is 1. The summed E-state index contributed by atoms with van der Waals surface area (Å²) in [4.78, 5) is 0.145. The van der Waals surface area contributed by atoms with E-state index in [9.17, 15) is 8.42 Å². The van der Waals surface area contributed by atoms with Crippen molar-refractivity contribution in [3.8, 4) is 11.5 Å². The molecule has 1 saturated heterocycles. The van der Waals surface area contributed by atoms with Crippen LogP contribution in [0.5, 0.6) is 11.5 Å². The largest absolute Gasteiger partial charge is 0.495 e. The summed E-state index contributed by atoms with van der Waals surface area (Å²) in [6.07, 6.45) is 3.45. The Labute approximate surface area is 125 Å². The van der Waals surface area contributed by atoms with Crippen molar-refractivity contribution in [3.63, 3.8) is 0 Å². The third-order valence-electron chi connectivity index (χ3n) is 4.46. The number of benzene rings is 1. The van der Waals surface area contributed by atoms with E-state index in [1.165, 1.54) is 27.1 Å². The molecule has 116 valence electrons. The van der Waals surface area contributed by atoms with Gasteiger partial charge in [0.1, 0.15) is 11.5 Å². The fourth-order valence-electron chi connectivity index (χ4n) is 3.13. The Balaban J connectivity index is 1.94. The second-order valence-electron chi connectivity index (χ2n) is 5.74. The van der Waals surface area contributed by atoms with Crippen LogP contribution >= 0.6 is 0 Å². The molecule has 2 fully saturated rings. The van der Waals surface area contributed by atoms with E-state index >= 15 is 0 Å². The van der Waals surface area contributed by atoms with Crippen molar-refractivity contribution in [2.45, 2.75) is 24.2 Å². The molecule has 0 amide bonds. The third kappa shape index (κ3) is 2.62. The lowest BCUT2D eigenvalue weighted by molar-refractivity contribution is 0.367. The van der Waals surface area contributed by atoms with Gasteiger partial charge in [-0.3, -0.25) is 0 Å². The molecule has 1 heterocycles. The Morgan fingerprint density at radius 3 is 2.19 bits per heavy atom. The molecule has 0 aromatic heterocycles. The Morgan fingerprint density at radius 2 is 1.67 bits per heavy atom. The Morgan fingerprint density at radius 1 is 1.05 bits per heavy atom. The van der Waals surface area contributed by atoms with Gasteiger partial charge in [0.2, 0.25) is 10.0 Å². The SMILES string of the molecule is COc1cccc(OC)c1S(=O)(=O)N1CCC(C2CC2)C1. The number of ether oxygens (including phenoxy) is 2. The van der Waals surface area contributed by atoms with Crippen molar-refractivity contribution in [2.75, 3.05) is 27.3 Å². The van der Waals surface area contributed by atoms with E-state index < -0.39 is 10.0 Å². The second-order valence-corrected chi connectivity index (χ2v) is 7.62. The molecule has 0 N–H and O–H groups in total. The highest BCUT2D eigenvalue weighted by molar-refractivity contribution is 7.89. The molecule has 5 nitrogen and oxygen atoms in total. The molecule has 1 aliphatic carbocycles. The maximum Gasteiger partial charge on any atom is 0.250 e. The average molecular weight is 311 g/mol. The predicted molar refractivity (Wildman–Crippen MR) is 79.1 cm³/mol. The van der Waals surface area contributed by atoms with Gasteiger partial charge in [-0.25, -0.2) is 8.42 Å². The number of hydrogen-bond donors (Lipinski definition) is 0. The zero-order valence-electron chi connectivity index (χ0n) is 12.4. The van der Waals surface area contributed by atoms with Crippen LogP contribution in [-0.2, 0) is 10.0 Å². The zero-order valence-corrected chi connectivity index (χ0v) is 13.2. The van der Waals surface area contributed by atoms with E-state index in [-0.39, 0.29) is 4.90 Å². The first-order valence-corrected chi connectivity index (χ1v) is 8.73. The van der Waals surface area contributed by atoms with E-state index in [0.29, 0.717) is 30.5 Å². The number of methoxy groups -OCH3 is 2. The van der Waals surface area contributed by atoms with Crippen LogP contribution in [0.4, 0.5) is 0 Å². The molecule has 6 heteroatoms. The van der Waals surface area contributed by atoms with Crippen molar-refractivity contribution in [3.05, 3.63) is 18.2 Å². The van der Waals surface area contributed by atoms with Gasteiger partial charge in [0.25, 0.3) is 0 Å². The minimum absolute atomic E-state index is 0.145. The molecule has 3 rings (SSSR count). The van der Waals surface area contributed by atoms with Crippen molar-refractivity contribution in [1.82, 2.24) is 4.31 Å². The Bertz CT molecular complexity index is 602. The maximum atomic E-state index is 12.9. The summed E-state index contributed by atoms with van der Waals surface area (Å²) in [5.41, 5.74) is 0. The maximum absolute atomic E-state index is 12.9. The molecular weight excluding hydrogens is 290 g/mol. The van der Waals surface area contributed by atoms with Crippen LogP contribution in [-0.4, -0.2) is 40.0 Å². The molecule has 1 unspecified atom stereocenters. The van der Waals surface area contributed by atoms with Gasteiger partial charge in [0.15, 0.2) is 4.90 Å². The summed E-state index contributed by atoms with van der Waals surface area (Å²) in [7, 11) is -0.626. The molecule has 2 aliphatic rings. The molecule has 1 aliphatic heterocycles. The van der Waals surface area contributed by atoms with E-state index in [1.807, 2.05) is 0 Å². The van der Waals surface area contributed by atoms with Crippen molar-refractivity contribution >= 4 is 10.0 Å². The smallest absolute Gasteiger partial charge is 0.250 e. The summed E-state index contributed by atoms with van der Waals surface area (Å²) in [6, 6.07) is 5.04. The first-order valence-electron chi connectivity index (χ1n) is 7.29. The molecule has 1 aromatic carbocycles. The highest BCUT2D eigenvalue weighted by atomic mass is 32.2. The minimum atomic E-state index is -3.58. The van der Waals surface area contributed by atoms with Gasteiger partial charge in [-0.05, 0) is 43.2 Å². The zero-order chi connectivity index (χ0) is 15.0. The molecule has 0 spiro atoms. The lowest BCUT2D eigenvalue weighted by atomic mass is 10.0. The van der Waals surface area contributed by atoms with Crippen LogP contribution in [0.3, 0.4) is 0 Å². The van der Waals surface area contributed by atoms with E-state index in [4.69, 9.17) is 9.47 Å². The minimum Gasteiger partial charge on any atom is -0.495 e. The van der Waals surface area contributed by atoms with Gasteiger partial charge in [0.05, 0.1) is 14.2 Å². The first kappa shape index (κ1) is 14.7. The van der Waals surface area contributed by atoms with Gasteiger partial charge in [0, 0.05) is 13.1 Å². The van der Waals surface area contributed by atoms with Crippen molar-refractivity contribution in [1.29, 1.82) is 0 Å². The average Bonchev–Trinajstić information content (AvgIpc) is 3.22. The summed E-state index contributed by atoms with van der Waals surface area (Å²) in [5, 5.41) is 0. The monoisotopic (exact) mass is 311 g/mol. The molecule has 0 radical (unpaired) electrons. The Kier molecular flexibility index (Phi) is 3.84. The molecule has 0 bridgehead atoms. The molecule has 21 heavy (non-hydrogen) atoms. The fourth-order valence-corrected chi connectivity index (χ4v) is 4.93. The van der Waals surface area contributed by atoms with Gasteiger partial charge >= 0.3 is 0 Å². The van der Waals surface area contributed by atoms with E-state index in [1.54, 1.807) is 22.5 Å². The molecular formula is C15H21NO4S. The number of nitrogens with zero attached hydrogens (tertiary/aromatic N) is 1. The standard InChI is InChI=1S/C15H21NO4S/c1-19-13-4-3-5-14(20-2)15(13)21(17,18)16-9-8-12(10-16)11-6-7-11/h3-5,11-12H,6-10H2,1-2H3. The van der Waals surface area contributed by atoms with Crippen molar-refractivity contribution < 1.29 is 17.9 Å². The molecule has 1 aromatic rings. The number of hydrogen-bond acceptors (Lipinski definition) is 4. The van der Waals surface area contributed by atoms with Crippen LogP contribution in [0.1, 0.15) is 19.3 Å². The van der Waals surface area contributed by atoms with Gasteiger partial charge in [-0.15, -0.1) is 0 Å². The predicted octanol–water partition coefficient (Wildman–Crippen LogP) is 2.12. The fraction of sp³-hybridized carbons (Fsp3) is 0.600. The van der Waals surface area contributed by atoms with Crippen LogP contribution < -0.4 is 9.47 Å². The lowest BCUT2D eigenvalue weighted by Gasteiger charge is -2.20. The summed E-state index contributed by atoms with van der Waals surface area (Å²) < 4.78 is 37.9. The number of rotatable bonds is 5. The van der Waals surface area contributed by atoms with Gasteiger partial charge < -0.3 is 9.47 Å². The van der Waals surface area contributed by atoms with Gasteiger partial charge in [-0.2, -0.15) is 4.31 Å². The quantitative estimate of drug-likeness (QED) is 0.836. The normalized spacial score (nSPS) is 23.2. The lowest BCUT2D eigenvalue weighted by Crippen LogP contribution is -2.29. The highest BCUT2D eigenvalue weighted by Crippen LogP contribution is 2.43. The van der Waals surface area contributed by atoms with Crippen molar-refractivity contribution in [2.24, 2.45) is 11.8 Å². The molecule has 1 saturated carbocycles. The van der Waals surface area contributed by atoms with Crippen LogP contribution in [0.2, 0.25) is 0 Å². The van der Waals surface area contributed by atoms with Gasteiger partial charge in [-0.1, -0.05) is 6.07 Å². The highest BCUT2D eigenvalue weighted by Gasteiger charge is 2.41. The Hall–Kier alpha value is -1.27. The van der Waals surface area contributed by atoms with Crippen LogP contribution in [0.25, 0.3) is 0 Å². The first-order chi connectivity index (χ1) is 10.1. The van der Waals surface area contributed by atoms with E-state index in [2.05, 4.69) is 0 Å². The summed E-state index contributed by atoms with van der Waals surface area (Å²) in [6.45, 7) is 1.21. The topological polar surface area (TPSA) is 55.8 Å². The van der Waals surface area contributed by atoms with E-state index in [0.717, 1.165) is 12.3 Å². The van der Waals surface area contributed by atoms with Crippen LogP contribution in [0, 0.1) is 11.8 Å². The van der Waals surface area contributed by atoms with Crippen LogP contribution in [0.15, 0.2) is 23.1 Å².